The molecule has 69 heavy (non-hydrogen) atoms. The zero-order valence-electron chi connectivity index (χ0n) is 44.8. The van der Waals surface area contributed by atoms with Crippen molar-refractivity contribution in [2.45, 2.75) is 258 Å². The van der Waals surface area contributed by atoms with Gasteiger partial charge in [0.25, 0.3) is 0 Å². The molecule has 0 spiro atoms. The number of hydrogen-bond donors (Lipinski definition) is 0. The first kappa shape index (κ1) is 65.1. The summed E-state index contributed by atoms with van der Waals surface area (Å²) in [6.45, 7) is 6.38. The van der Waals surface area contributed by atoms with Gasteiger partial charge in [0.05, 0.1) is 0 Å². The highest BCUT2D eigenvalue weighted by molar-refractivity contribution is 5.71. The van der Waals surface area contributed by atoms with Crippen LogP contribution in [0.5, 0.6) is 0 Å². The molecule has 1 unspecified atom stereocenters. The molecule has 0 aliphatic carbocycles. The highest BCUT2D eigenvalue weighted by Crippen LogP contribution is 2.14. The largest absolute Gasteiger partial charge is 0.462 e. The molecule has 0 saturated carbocycles. The van der Waals surface area contributed by atoms with E-state index in [0.29, 0.717) is 19.3 Å². The Hall–Kier alpha value is -3.93. The molecule has 6 nitrogen and oxygen atoms in total. The quantitative estimate of drug-likeness (QED) is 0.0262. The number of esters is 3. The molecule has 0 rings (SSSR count). The number of unbranched alkanes of at least 4 members (excludes halogenated alkanes) is 21. The summed E-state index contributed by atoms with van der Waals surface area (Å²) in [5.74, 6) is -0.914. The minimum atomic E-state index is -0.778. The van der Waals surface area contributed by atoms with Gasteiger partial charge in [-0.25, -0.2) is 0 Å². The molecule has 0 fully saturated rings. The molecular weight excluding hydrogens is 853 g/mol. The molecular formula is C63H104O6. The third kappa shape index (κ3) is 54.9. The van der Waals surface area contributed by atoms with Crippen LogP contribution in [-0.4, -0.2) is 37.2 Å². The molecule has 0 aromatic heterocycles. The van der Waals surface area contributed by atoms with Crippen molar-refractivity contribution in [1.82, 2.24) is 0 Å². The van der Waals surface area contributed by atoms with Crippen LogP contribution in [-0.2, 0) is 28.6 Å². The van der Waals surface area contributed by atoms with E-state index in [1.165, 1.54) is 83.5 Å². The van der Waals surface area contributed by atoms with E-state index in [9.17, 15) is 14.4 Å². The predicted octanol–water partition coefficient (Wildman–Crippen LogP) is 19.1. The molecule has 0 radical (unpaired) electrons. The fourth-order valence-electron chi connectivity index (χ4n) is 7.50. The minimum Gasteiger partial charge on any atom is -0.462 e. The molecule has 0 amide bonds. The second-order valence-electron chi connectivity index (χ2n) is 18.5. The van der Waals surface area contributed by atoms with Crippen molar-refractivity contribution in [2.24, 2.45) is 0 Å². The van der Waals surface area contributed by atoms with Gasteiger partial charge >= 0.3 is 17.9 Å². The van der Waals surface area contributed by atoms with Crippen molar-refractivity contribution in [3.05, 3.63) is 109 Å². The standard InChI is InChI=1S/C63H104O6/c1-4-7-10-13-15-17-19-20-21-22-23-24-25-26-27-28-29-30-31-32-33-34-35-36-37-38-39-40-41-42-44-45-47-50-53-56-62(65)68-59-60(58-67-61(64)55-52-49-12-9-6-3)69-63(66)57-54-51-48-46-43-18-16-14-11-8-5-2/h7,10,14-17,20-21,23-24,26-27,29-30,32-33,35-36,60H,4-6,8-9,11-13,18-19,22,25,28,31,34,37-59H2,1-3H3/b10-7-,16-14-,17-15-,21-20-,24-23-,27-26-,30-29-,33-32-,36-35-. The van der Waals surface area contributed by atoms with Crippen molar-refractivity contribution < 1.29 is 28.6 Å². The Balaban J connectivity index is 3.99. The molecule has 0 bridgehead atoms. The molecule has 0 aromatic rings. The van der Waals surface area contributed by atoms with Crippen molar-refractivity contribution in [1.29, 1.82) is 0 Å². The van der Waals surface area contributed by atoms with Crippen LogP contribution in [0.2, 0.25) is 0 Å². The summed E-state index contributed by atoms with van der Waals surface area (Å²) in [4.78, 5) is 37.6. The molecule has 0 N–H and O–H groups in total. The minimum absolute atomic E-state index is 0.0826. The van der Waals surface area contributed by atoms with Gasteiger partial charge < -0.3 is 14.2 Å². The third-order valence-corrected chi connectivity index (χ3v) is 11.8. The first-order chi connectivity index (χ1) is 34.0. The lowest BCUT2D eigenvalue weighted by Gasteiger charge is -2.18. The van der Waals surface area contributed by atoms with Crippen LogP contribution in [0.4, 0.5) is 0 Å². The van der Waals surface area contributed by atoms with E-state index in [1.807, 2.05) is 0 Å². The molecule has 1 atom stereocenters. The van der Waals surface area contributed by atoms with Gasteiger partial charge in [0.1, 0.15) is 13.2 Å². The average Bonchev–Trinajstić information content (AvgIpc) is 3.35. The van der Waals surface area contributed by atoms with Gasteiger partial charge in [-0.1, -0.05) is 239 Å². The van der Waals surface area contributed by atoms with Gasteiger partial charge in [0, 0.05) is 19.3 Å². The Bertz CT molecular complexity index is 1420. The van der Waals surface area contributed by atoms with E-state index in [2.05, 4.69) is 130 Å². The Kier molecular flexibility index (Phi) is 53.4. The van der Waals surface area contributed by atoms with Gasteiger partial charge in [-0.3, -0.25) is 14.4 Å². The second kappa shape index (κ2) is 56.7. The lowest BCUT2D eigenvalue weighted by molar-refractivity contribution is -0.167. The molecule has 0 saturated heterocycles. The monoisotopic (exact) mass is 957 g/mol. The Morgan fingerprint density at radius 2 is 0.580 bits per heavy atom. The van der Waals surface area contributed by atoms with Gasteiger partial charge in [0.15, 0.2) is 6.10 Å². The average molecular weight is 958 g/mol. The van der Waals surface area contributed by atoms with Crippen LogP contribution in [0.3, 0.4) is 0 Å². The fourth-order valence-corrected chi connectivity index (χ4v) is 7.50. The van der Waals surface area contributed by atoms with Crippen LogP contribution in [0.1, 0.15) is 252 Å². The number of hydrogen-bond acceptors (Lipinski definition) is 6. The molecule has 0 heterocycles. The molecule has 0 aromatic carbocycles. The van der Waals surface area contributed by atoms with Crippen LogP contribution < -0.4 is 0 Å². The van der Waals surface area contributed by atoms with E-state index in [0.717, 1.165) is 128 Å². The van der Waals surface area contributed by atoms with Crippen molar-refractivity contribution in [3.63, 3.8) is 0 Å². The summed E-state index contributed by atoms with van der Waals surface area (Å²) in [6.07, 6.45) is 77.1. The zero-order valence-corrected chi connectivity index (χ0v) is 44.8. The lowest BCUT2D eigenvalue weighted by atomic mass is 10.1. The van der Waals surface area contributed by atoms with Crippen LogP contribution in [0, 0.1) is 0 Å². The normalized spacial score (nSPS) is 12.9. The Morgan fingerprint density at radius 3 is 0.942 bits per heavy atom. The highest BCUT2D eigenvalue weighted by atomic mass is 16.6. The molecule has 6 heteroatoms. The summed E-state index contributed by atoms with van der Waals surface area (Å²) < 4.78 is 16.6. The Morgan fingerprint density at radius 1 is 0.304 bits per heavy atom. The van der Waals surface area contributed by atoms with Crippen LogP contribution in [0.25, 0.3) is 0 Å². The van der Waals surface area contributed by atoms with Gasteiger partial charge in [0.2, 0.25) is 0 Å². The summed E-state index contributed by atoms with van der Waals surface area (Å²) in [7, 11) is 0. The van der Waals surface area contributed by atoms with E-state index in [-0.39, 0.29) is 31.1 Å². The highest BCUT2D eigenvalue weighted by Gasteiger charge is 2.19. The number of carbonyl (C=O) groups excluding carboxylic acids is 3. The predicted molar refractivity (Wildman–Crippen MR) is 297 cm³/mol. The van der Waals surface area contributed by atoms with E-state index in [4.69, 9.17) is 14.2 Å². The van der Waals surface area contributed by atoms with Crippen molar-refractivity contribution in [3.8, 4) is 0 Å². The number of carbonyl (C=O) groups is 3. The first-order valence-electron chi connectivity index (χ1n) is 28.4. The fraction of sp³-hybridized carbons (Fsp3) is 0.667. The maximum absolute atomic E-state index is 12.7. The maximum atomic E-state index is 12.7. The van der Waals surface area contributed by atoms with Crippen LogP contribution in [0.15, 0.2) is 109 Å². The van der Waals surface area contributed by atoms with Crippen molar-refractivity contribution in [2.75, 3.05) is 13.2 Å². The lowest BCUT2D eigenvalue weighted by Crippen LogP contribution is -2.30. The molecule has 0 aliphatic heterocycles. The van der Waals surface area contributed by atoms with E-state index in [1.54, 1.807) is 0 Å². The smallest absolute Gasteiger partial charge is 0.306 e. The van der Waals surface area contributed by atoms with Crippen molar-refractivity contribution >= 4 is 17.9 Å². The van der Waals surface area contributed by atoms with Gasteiger partial charge in [-0.2, -0.15) is 0 Å². The van der Waals surface area contributed by atoms with Gasteiger partial charge in [-0.05, 0) is 103 Å². The topological polar surface area (TPSA) is 78.9 Å². The number of ether oxygens (including phenoxy) is 3. The second-order valence-corrected chi connectivity index (χ2v) is 18.5. The summed E-state index contributed by atoms with van der Waals surface area (Å²) in [5, 5.41) is 0. The van der Waals surface area contributed by atoms with E-state index >= 15 is 0 Å². The summed E-state index contributed by atoms with van der Waals surface area (Å²) in [5.41, 5.74) is 0. The number of allylic oxidation sites excluding steroid dienone is 18. The maximum Gasteiger partial charge on any atom is 0.306 e. The van der Waals surface area contributed by atoms with E-state index < -0.39 is 6.10 Å². The SMILES string of the molecule is CC/C=C\C/C=C\C/C=C\C/C=C\C/C=C\C/C=C\C/C=C\C/C=C\CCCCCCCCCCCCC(=O)OCC(COC(=O)CCCCCCC)OC(=O)CCCCCCC/C=C\CCCC. The molecule has 0 aliphatic rings. The molecule has 392 valence electrons. The Labute approximate surface area is 425 Å². The zero-order chi connectivity index (χ0) is 50.0. The van der Waals surface area contributed by atoms with Gasteiger partial charge in [-0.15, -0.1) is 0 Å². The third-order valence-electron chi connectivity index (χ3n) is 11.8. The first-order valence-corrected chi connectivity index (χ1v) is 28.4. The summed E-state index contributed by atoms with van der Waals surface area (Å²) >= 11 is 0. The van der Waals surface area contributed by atoms with Crippen LogP contribution >= 0.6 is 0 Å². The number of rotatable bonds is 50. The summed E-state index contributed by atoms with van der Waals surface area (Å²) in [6, 6.07) is 0.